The zero-order valence-electron chi connectivity index (χ0n) is 12.8. The summed E-state index contributed by atoms with van der Waals surface area (Å²) in [6.07, 6.45) is 5.50. The summed E-state index contributed by atoms with van der Waals surface area (Å²) >= 11 is 0. The Kier molecular flexibility index (Phi) is 3.27. The van der Waals surface area contributed by atoms with Gasteiger partial charge >= 0.3 is 0 Å². The van der Waals surface area contributed by atoms with Crippen molar-refractivity contribution in [3.63, 3.8) is 0 Å². The topological polar surface area (TPSA) is 46.5 Å². The quantitative estimate of drug-likeness (QED) is 0.615. The number of aromatic amines is 1. The van der Waals surface area contributed by atoms with Crippen LogP contribution >= 0.6 is 0 Å². The molecule has 1 N–H and O–H groups in total. The number of aryl methyl sites for hydroxylation is 1. The van der Waals surface area contributed by atoms with E-state index in [4.69, 9.17) is 0 Å². The van der Waals surface area contributed by atoms with E-state index in [9.17, 15) is 0 Å². The van der Waals surface area contributed by atoms with E-state index in [0.29, 0.717) is 0 Å². The Morgan fingerprint density at radius 1 is 0.957 bits per heavy atom. The molecule has 0 bridgehead atoms. The first-order valence-electron chi connectivity index (χ1n) is 7.51. The summed E-state index contributed by atoms with van der Waals surface area (Å²) in [5, 5.41) is 0. The van der Waals surface area contributed by atoms with Gasteiger partial charge in [0.25, 0.3) is 0 Å². The van der Waals surface area contributed by atoms with Gasteiger partial charge in [-0.2, -0.15) is 0 Å². The molecule has 0 saturated heterocycles. The monoisotopic (exact) mass is 300 g/mol. The molecule has 4 heteroatoms. The molecule has 23 heavy (non-hydrogen) atoms. The van der Waals surface area contributed by atoms with Crippen molar-refractivity contribution in [1.82, 2.24) is 19.5 Å². The van der Waals surface area contributed by atoms with Gasteiger partial charge in [0.05, 0.1) is 24.4 Å². The van der Waals surface area contributed by atoms with Crippen LogP contribution in [0.15, 0.2) is 73.3 Å². The Morgan fingerprint density at radius 2 is 1.83 bits per heavy atom. The SMILES string of the molecule is Cc1cccc(-c2cnc(-c3cncn3-c3ccccc3)[nH]2)c1. The van der Waals surface area contributed by atoms with E-state index in [1.807, 2.05) is 35.2 Å². The van der Waals surface area contributed by atoms with E-state index in [1.165, 1.54) is 5.56 Å². The fraction of sp³-hybridized carbons (Fsp3) is 0.0526. The second-order valence-electron chi connectivity index (χ2n) is 5.50. The summed E-state index contributed by atoms with van der Waals surface area (Å²) in [6.45, 7) is 2.09. The van der Waals surface area contributed by atoms with Crippen molar-refractivity contribution >= 4 is 0 Å². The lowest BCUT2D eigenvalue weighted by Gasteiger charge is -2.05. The molecule has 0 fully saturated rings. The molecule has 0 atom stereocenters. The molecule has 0 saturated carbocycles. The van der Waals surface area contributed by atoms with Gasteiger partial charge in [0.1, 0.15) is 5.69 Å². The predicted molar refractivity (Wildman–Crippen MR) is 91.3 cm³/mol. The average Bonchev–Trinajstić information content (AvgIpc) is 3.25. The largest absolute Gasteiger partial charge is 0.337 e. The third-order valence-corrected chi connectivity index (χ3v) is 3.82. The van der Waals surface area contributed by atoms with Crippen LogP contribution in [-0.2, 0) is 0 Å². The smallest absolute Gasteiger partial charge is 0.156 e. The van der Waals surface area contributed by atoms with E-state index in [1.54, 1.807) is 6.33 Å². The molecule has 0 aliphatic carbocycles. The third-order valence-electron chi connectivity index (χ3n) is 3.82. The zero-order chi connectivity index (χ0) is 15.6. The van der Waals surface area contributed by atoms with Crippen LogP contribution in [0.25, 0.3) is 28.5 Å². The van der Waals surface area contributed by atoms with Gasteiger partial charge in [-0.25, -0.2) is 9.97 Å². The van der Waals surface area contributed by atoms with Gasteiger partial charge < -0.3 is 4.98 Å². The molecule has 112 valence electrons. The minimum absolute atomic E-state index is 0.808. The van der Waals surface area contributed by atoms with Gasteiger partial charge in [0.2, 0.25) is 0 Å². The van der Waals surface area contributed by atoms with Crippen LogP contribution in [0.2, 0.25) is 0 Å². The van der Waals surface area contributed by atoms with Crippen molar-refractivity contribution in [2.75, 3.05) is 0 Å². The van der Waals surface area contributed by atoms with Crippen LogP contribution in [0.1, 0.15) is 5.56 Å². The van der Waals surface area contributed by atoms with Crippen LogP contribution < -0.4 is 0 Å². The van der Waals surface area contributed by atoms with Crippen LogP contribution in [-0.4, -0.2) is 19.5 Å². The highest BCUT2D eigenvalue weighted by atomic mass is 15.1. The molecule has 4 rings (SSSR count). The number of para-hydroxylation sites is 1. The lowest BCUT2D eigenvalue weighted by atomic mass is 10.1. The molecule has 0 radical (unpaired) electrons. The number of rotatable bonds is 3. The molecule has 4 nitrogen and oxygen atoms in total. The summed E-state index contributed by atoms with van der Waals surface area (Å²) in [5.41, 5.74) is 5.37. The minimum atomic E-state index is 0.808. The van der Waals surface area contributed by atoms with Crippen molar-refractivity contribution in [1.29, 1.82) is 0 Å². The summed E-state index contributed by atoms with van der Waals surface area (Å²) in [4.78, 5) is 12.2. The second kappa shape index (κ2) is 5.57. The predicted octanol–water partition coefficient (Wildman–Crippen LogP) is 4.24. The second-order valence-corrected chi connectivity index (χ2v) is 5.50. The Labute approximate surface area is 134 Å². The molecule has 0 spiro atoms. The maximum atomic E-state index is 4.53. The first-order chi connectivity index (χ1) is 11.3. The molecule has 2 aromatic carbocycles. The number of hydrogen-bond acceptors (Lipinski definition) is 2. The highest BCUT2D eigenvalue weighted by Crippen LogP contribution is 2.24. The van der Waals surface area contributed by atoms with Crippen LogP contribution in [0.3, 0.4) is 0 Å². The Morgan fingerprint density at radius 3 is 2.65 bits per heavy atom. The highest BCUT2D eigenvalue weighted by Gasteiger charge is 2.11. The third kappa shape index (κ3) is 2.55. The molecule has 0 amide bonds. The van der Waals surface area contributed by atoms with Gasteiger partial charge in [0, 0.05) is 5.69 Å². The Balaban J connectivity index is 1.75. The Hall–Kier alpha value is -3.14. The van der Waals surface area contributed by atoms with Crippen LogP contribution in [0, 0.1) is 6.92 Å². The molecule has 0 aliphatic heterocycles. The van der Waals surface area contributed by atoms with Crippen molar-refractivity contribution < 1.29 is 0 Å². The normalized spacial score (nSPS) is 10.8. The lowest BCUT2D eigenvalue weighted by Crippen LogP contribution is -1.95. The van der Waals surface area contributed by atoms with Crippen molar-refractivity contribution in [2.24, 2.45) is 0 Å². The van der Waals surface area contributed by atoms with Crippen molar-refractivity contribution in [3.8, 4) is 28.5 Å². The van der Waals surface area contributed by atoms with Gasteiger partial charge in [-0.1, -0.05) is 42.0 Å². The molecular weight excluding hydrogens is 284 g/mol. The molecule has 4 aromatic rings. The number of nitrogens with zero attached hydrogens (tertiary/aromatic N) is 3. The first-order valence-corrected chi connectivity index (χ1v) is 7.51. The van der Waals surface area contributed by atoms with Gasteiger partial charge in [-0.15, -0.1) is 0 Å². The van der Waals surface area contributed by atoms with E-state index in [-0.39, 0.29) is 0 Å². The molecular formula is C19H16N4. The summed E-state index contributed by atoms with van der Waals surface area (Å²) in [7, 11) is 0. The maximum Gasteiger partial charge on any atom is 0.156 e. The fourth-order valence-corrected chi connectivity index (χ4v) is 2.68. The van der Waals surface area contributed by atoms with Gasteiger partial charge in [-0.05, 0) is 30.7 Å². The number of nitrogens with one attached hydrogen (secondary N) is 1. The minimum Gasteiger partial charge on any atom is -0.337 e. The van der Waals surface area contributed by atoms with E-state index >= 15 is 0 Å². The van der Waals surface area contributed by atoms with Crippen LogP contribution in [0.5, 0.6) is 0 Å². The van der Waals surface area contributed by atoms with Crippen molar-refractivity contribution in [2.45, 2.75) is 6.92 Å². The molecule has 2 heterocycles. The number of aromatic nitrogens is 4. The summed E-state index contributed by atoms with van der Waals surface area (Å²) in [6, 6.07) is 18.5. The van der Waals surface area contributed by atoms with Crippen LogP contribution in [0.4, 0.5) is 0 Å². The van der Waals surface area contributed by atoms with E-state index < -0.39 is 0 Å². The lowest BCUT2D eigenvalue weighted by molar-refractivity contribution is 1.05. The van der Waals surface area contributed by atoms with Gasteiger partial charge in [0.15, 0.2) is 5.82 Å². The molecule has 2 aromatic heterocycles. The van der Waals surface area contributed by atoms with E-state index in [2.05, 4.69) is 58.3 Å². The van der Waals surface area contributed by atoms with E-state index in [0.717, 1.165) is 28.5 Å². The molecule has 0 aliphatic rings. The summed E-state index contributed by atoms with van der Waals surface area (Å²) in [5.74, 6) is 0.808. The summed E-state index contributed by atoms with van der Waals surface area (Å²) < 4.78 is 2.03. The number of imidazole rings is 2. The number of H-pyrrole nitrogens is 1. The maximum absolute atomic E-state index is 4.53. The average molecular weight is 300 g/mol. The fourth-order valence-electron chi connectivity index (χ4n) is 2.68. The molecule has 0 unspecified atom stereocenters. The first kappa shape index (κ1) is 13.5. The number of benzene rings is 2. The highest BCUT2D eigenvalue weighted by molar-refractivity contribution is 5.64. The standard InChI is InChI=1S/C19H16N4/c1-14-6-5-7-15(10-14)17-11-21-19(22-17)18-12-20-13-23(18)16-8-3-2-4-9-16/h2-13H,1H3,(H,21,22). The van der Waals surface area contributed by atoms with Gasteiger partial charge in [-0.3, -0.25) is 4.57 Å². The van der Waals surface area contributed by atoms with Crippen molar-refractivity contribution in [3.05, 3.63) is 78.9 Å². The Bertz CT molecular complexity index is 935. The zero-order valence-corrected chi connectivity index (χ0v) is 12.8. The number of hydrogen-bond donors (Lipinski definition) is 1.